The molecular formula is C21H17BrN2O. The molecule has 0 spiro atoms. The van der Waals surface area contributed by atoms with E-state index in [4.69, 9.17) is 0 Å². The number of hydrogen-bond donors (Lipinski definition) is 1. The number of pyridine rings is 1. The molecule has 1 aliphatic rings. The third-order valence-electron chi connectivity index (χ3n) is 4.59. The zero-order valence-corrected chi connectivity index (χ0v) is 15.2. The molecule has 3 nitrogen and oxygen atoms in total. The van der Waals surface area contributed by atoms with Crippen LogP contribution < -0.4 is 5.32 Å². The molecule has 4 heteroatoms. The van der Waals surface area contributed by atoms with Crippen molar-refractivity contribution in [2.75, 3.05) is 0 Å². The maximum absolute atomic E-state index is 12.4. The third kappa shape index (κ3) is 3.35. The van der Waals surface area contributed by atoms with Crippen LogP contribution >= 0.6 is 15.9 Å². The minimum absolute atomic E-state index is 0.0756. The summed E-state index contributed by atoms with van der Waals surface area (Å²) < 4.78 is 1.04. The van der Waals surface area contributed by atoms with Crippen LogP contribution in [-0.2, 0) is 10.3 Å². The highest BCUT2D eigenvalue weighted by atomic mass is 79.9. The fourth-order valence-electron chi connectivity index (χ4n) is 3.09. The molecule has 4 rings (SSSR count). The number of halogens is 1. The average Bonchev–Trinajstić information content (AvgIpc) is 3.41. The zero-order valence-electron chi connectivity index (χ0n) is 13.6. The lowest BCUT2D eigenvalue weighted by Gasteiger charge is -2.17. The fraction of sp³-hybridized carbons (Fsp3) is 0.143. The van der Waals surface area contributed by atoms with Crippen LogP contribution in [0.2, 0.25) is 0 Å². The van der Waals surface area contributed by atoms with Crippen molar-refractivity contribution < 1.29 is 4.79 Å². The van der Waals surface area contributed by atoms with Crippen LogP contribution in [0.5, 0.6) is 0 Å². The first kappa shape index (κ1) is 16.0. The molecule has 1 heterocycles. The van der Waals surface area contributed by atoms with Crippen LogP contribution in [0.4, 0.5) is 0 Å². The van der Waals surface area contributed by atoms with Gasteiger partial charge in [-0.15, -0.1) is 0 Å². The van der Waals surface area contributed by atoms with Crippen molar-refractivity contribution >= 4 is 38.8 Å². The molecule has 0 radical (unpaired) electrons. The summed E-state index contributed by atoms with van der Waals surface area (Å²) in [7, 11) is 0. The summed E-state index contributed by atoms with van der Waals surface area (Å²) in [6, 6.07) is 18.1. The second kappa shape index (κ2) is 6.45. The van der Waals surface area contributed by atoms with E-state index in [0.717, 1.165) is 39.3 Å². The van der Waals surface area contributed by atoms with Crippen LogP contribution in [0.25, 0.3) is 17.0 Å². The highest BCUT2D eigenvalue weighted by Gasteiger charge is 2.45. The number of amides is 1. The Kier molecular flexibility index (Phi) is 4.14. The summed E-state index contributed by atoms with van der Waals surface area (Å²) in [6.07, 6.45) is 7.16. The summed E-state index contributed by atoms with van der Waals surface area (Å²) in [4.78, 5) is 16.8. The van der Waals surface area contributed by atoms with E-state index in [2.05, 4.69) is 38.4 Å². The molecule has 0 atom stereocenters. The normalized spacial score (nSPS) is 15.4. The molecule has 1 aromatic heterocycles. The lowest BCUT2D eigenvalue weighted by atomic mass is 10.0. The summed E-state index contributed by atoms with van der Waals surface area (Å²) in [5.74, 6) is -0.0756. The number of benzene rings is 2. The molecule has 0 aliphatic heterocycles. The molecule has 1 fully saturated rings. The van der Waals surface area contributed by atoms with Gasteiger partial charge in [0.1, 0.15) is 0 Å². The predicted molar refractivity (Wildman–Crippen MR) is 104 cm³/mol. The van der Waals surface area contributed by atoms with Crippen LogP contribution in [0.1, 0.15) is 24.0 Å². The highest BCUT2D eigenvalue weighted by Crippen LogP contribution is 2.45. The van der Waals surface area contributed by atoms with E-state index in [1.54, 1.807) is 12.3 Å². The second-order valence-electron chi connectivity index (χ2n) is 6.33. The summed E-state index contributed by atoms with van der Waals surface area (Å²) in [5.41, 5.74) is 2.80. The lowest BCUT2D eigenvalue weighted by molar-refractivity contribution is -0.117. The fourth-order valence-corrected chi connectivity index (χ4v) is 3.35. The summed E-state index contributed by atoms with van der Waals surface area (Å²) in [6.45, 7) is 0. The lowest BCUT2D eigenvalue weighted by Crippen LogP contribution is -2.33. The van der Waals surface area contributed by atoms with Crippen LogP contribution in [0, 0.1) is 0 Å². The van der Waals surface area contributed by atoms with E-state index >= 15 is 0 Å². The summed E-state index contributed by atoms with van der Waals surface area (Å²) in [5, 5.41) is 4.23. The number of hydrogen-bond acceptors (Lipinski definition) is 2. The Morgan fingerprint density at radius 2 is 1.84 bits per heavy atom. The Morgan fingerprint density at radius 3 is 2.60 bits per heavy atom. The zero-order chi connectivity index (χ0) is 17.3. The standard InChI is InChI=1S/C21H17BrN2O/c22-18-9-7-17(8-10-18)21(12-13-21)24-19(25)11-6-16-4-1-3-15-5-2-14-23-20(15)16/h1-11,14H,12-13H2,(H,24,25). The van der Waals surface area contributed by atoms with Gasteiger partial charge in [0.05, 0.1) is 11.1 Å². The Hall–Kier alpha value is -2.46. The number of fused-ring (bicyclic) bond motifs is 1. The molecule has 1 N–H and O–H groups in total. The number of carbonyl (C=O) groups excluding carboxylic acids is 1. The maximum atomic E-state index is 12.4. The second-order valence-corrected chi connectivity index (χ2v) is 7.25. The van der Waals surface area contributed by atoms with Gasteiger partial charge in [0.2, 0.25) is 5.91 Å². The Balaban J connectivity index is 1.52. The number of rotatable bonds is 4. The number of nitrogens with one attached hydrogen (secondary N) is 1. The third-order valence-corrected chi connectivity index (χ3v) is 5.12. The van der Waals surface area contributed by atoms with E-state index < -0.39 is 0 Å². The first-order valence-corrected chi connectivity index (χ1v) is 9.06. The van der Waals surface area contributed by atoms with Gasteiger partial charge in [-0.05, 0) is 42.7 Å². The van der Waals surface area contributed by atoms with Gasteiger partial charge in [-0.3, -0.25) is 9.78 Å². The number of para-hydroxylation sites is 1. The largest absolute Gasteiger partial charge is 0.343 e. The monoisotopic (exact) mass is 392 g/mol. The van der Waals surface area contributed by atoms with Gasteiger partial charge < -0.3 is 5.32 Å². The van der Waals surface area contributed by atoms with Crippen molar-refractivity contribution in [1.82, 2.24) is 10.3 Å². The van der Waals surface area contributed by atoms with Gasteiger partial charge >= 0.3 is 0 Å². The molecule has 1 aliphatic carbocycles. The average molecular weight is 393 g/mol. The number of aromatic nitrogens is 1. The van der Waals surface area contributed by atoms with Crippen LogP contribution in [0.3, 0.4) is 0 Å². The minimum atomic E-state index is -0.209. The van der Waals surface area contributed by atoms with E-state index in [9.17, 15) is 4.79 Å². The smallest absolute Gasteiger partial charge is 0.244 e. The Labute approximate surface area is 154 Å². The number of carbonyl (C=O) groups is 1. The van der Waals surface area contributed by atoms with E-state index in [1.807, 2.05) is 48.5 Å². The van der Waals surface area contributed by atoms with Gasteiger partial charge in [-0.1, -0.05) is 52.3 Å². The SMILES string of the molecule is O=C(C=Cc1cccc2cccnc12)NC1(c2ccc(Br)cc2)CC1. The molecule has 124 valence electrons. The first-order valence-electron chi connectivity index (χ1n) is 8.26. The van der Waals surface area contributed by atoms with Crippen molar-refractivity contribution in [2.45, 2.75) is 18.4 Å². The molecule has 25 heavy (non-hydrogen) atoms. The van der Waals surface area contributed by atoms with Gasteiger partial charge in [-0.25, -0.2) is 0 Å². The molecule has 0 bridgehead atoms. The van der Waals surface area contributed by atoms with Gasteiger partial charge in [0.25, 0.3) is 0 Å². The molecule has 0 saturated heterocycles. The quantitative estimate of drug-likeness (QED) is 0.646. The first-order chi connectivity index (χ1) is 12.2. The molecule has 1 amide bonds. The van der Waals surface area contributed by atoms with Gasteiger partial charge in [0.15, 0.2) is 0 Å². The Morgan fingerprint density at radius 1 is 1.08 bits per heavy atom. The summed E-state index contributed by atoms with van der Waals surface area (Å²) >= 11 is 3.45. The molecule has 2 aromatic carbocycles. The molecular weight excluding hydrogens is 376 g/mol. The van der Waals surface area contributed by atoms with Crippen molar-refractivity contribution in [3.8, 4) is 0 Å². The Bertz CT molecular complexity index is 954. The van der Waals surface area contributed by atoms with E-state index in [-0.39, 0.29) is 11.4 Å². The highest BCUT2D eigenvalue weighted by molar-refractivity contribution is 9.10. The predicted octanol–water partition coefficient (Wildman–Crippen LogP) is 4.82. The van der Waals surface area contributed by atoms with Gasteiger partial charge in [-0.2, -0.15) is 0 Å². The van der Waals surface area contributed by atoms with Crippen molar-refractivity contribution in [3.05, 3.63) is 82.5 Å². The molecule has 0 unspecified atom stereocenters. The van der Waals surface area contributed by atoms with Crippen LogP contribution in [-0.4, -0.2) is 10.9 Å². The van der Waals surface area contributed by atoms with E-state index in [1.165, 1.54) is 0 Å². The van der Waals surface area contributed by atoms with E-state index in [0.29, 0.717) is 0 Å². The maximum Gasteiger partial charge on any atom is 0.244 e. The van der Waals surface area contributed by atoms with Crippen molar-refractivity contribution in [3.63, 3.8) is 0 Å². The number of nitrogens with zero attached hydrogens (tertiary/aromatic N) is 1. The van der Waals surface area contributed by atoms with Crippen molar-refractivity contribution in [1.29, 1.82) is 0 Å². The van der Waals surface area contributed by atoms with Crippen molar-refractivity contribution in [2.24, 2.45) is 0 Å². The van der Waals surface area contributed by atoms with Crippen LogP contribution in [0.15, 0.2) is 71.3 Å². The van der Waals surface area contributed by atoms with Gasteiger partial charge in [0, 0.05) is 27.7 Å². The molecule has 1 saturated carbocycles. The topological polar surface area (TPSA) is 42.0 Å². The molecule has 3 aromatic rings. The minimum Gasteiger partial charge on any atom is -0.343 e.